The molecule has 0 saturated carbocycles. The maximum Gasteiger partial charge on any atom is 0.227 e. The fourth-order valence-electron chi connectivity index (χ4n) is 2.70. The average Bonchev–Trinajstić information content (AvgIpc) is 2.71. The summed E-state index contributed by atoms with van der Waals surface area (Å²) in [4.78, 5) is 25.9. The molecule has 2 aromatic rings. The zero-order chi connectivity index (χ0) is 21.2. The molecule has 0 heterocycles. The van der Waals surface area contributed by atoms with Gasteiger partial charge in [-0.2, -0.15) is 5.26 Å². The van der Waals surface area contributed by atoms with Crippen LogP contribution in [-0.4, -0.2) is 30.0 Å². The number of halogens is 2. The fraction of sp³-hybridized carbons (Fsp3) is 0.286. The number of carbonyl (C=O) groups excluding carboxylic acids is 2. The Morgan fingerprint density at radius 2 is 1.86 bits per heavy atom. The first-order valence-electron chi connectivity index (χ1n) is 9.04. The molecule has 0 bridgehead atoms. The van der Waals surface area contributed by atoms with Crippen LogP contribution in [0.25, 0.3) is 0 Å². The highest BCUT2D eigenvalue weighted by Crippen LogP contribution is 2.18. The predicted octanol–water partition coefficient (Wildman–Crippen LogP) is 2.84. The van der Waals surface area contributed by atoms with Gasteiger partial charge < -0.3 is 15.3 Å². The zero-order valence-corrected chi connectivity index (χ0v) is 15.6. The van der Waals surface area contributed by atoms with Crippen molar-refractivity contribution >= 4 is 17.5 Å². The number of nitriles is 1. The van der Waals surface area contributed by atoms with E-state index in [0.717, 1.165) is 12.1 Å². The lowest BCUT2D eigenvalue weighted by Crippen LogP contribution is -2.34. The van der Waals surface area contributed by atoms with Crippen LogP contribution < -0.4 is 10.2 Å². The van der Waals surface area contributed by atoms with Crippen molar-refractivity contribution < 1.29 is 23.5 Å². The van der Waals surface area contributed by atoms with Gasteiger partial charge in [0.25, 0.3) is 0 Å². The quantitative estimate of drug-likeness (QED) is 0.676. The Hall–Kier alpha value is -3.31. The van der Waals surface area contributed by atoms with Gasteiger partial charge in [-0.1, -0.05) is 24.3 Å². The lowest BCUT2D eigenvalue weighted by Gasteiger charge is -2.21. The summed E-state index contributed by atoms with van der Waals surface area (Å²) >= 11 is 0. The molecule has 0 fully saturated rings. The van der Waals surface area contributed by atoms with E-state index in [-0.39, 0.29) is 43.8 Å². The normalized spacial score (nSPS) is 11.4. The van der Waals surface area contributed by atoms with E-state index < -0.39 is 23.6 Å². The molecule has 0 aliphatic heterocycles. The van der Waals surface area contributed by atoms with Crippen molar-refractivity contribution in [3.8, 4) is 6.07 Å². The van der Waals surface area contributed by atoms with Gasteiger partial charge in [0, 0.05) is 43.2 Å². The van der Waals surface area contributed by atoms with Crippen LogP contribution in [0.2, 0.25) is 0 Å². The van der Waals surface area contributed by atoms with E-state index in [2.05, 4.69) is 5.32 Å². The van der Waals surface area contributed by atoms with E-state index in [0.29, 0.717) is 11.8 Å². The fourth-order valence-corrected chi connectivity index (χ4v) is 2.70. The highest BCUT2D eigenvalue weighted by atomic mass is 19.1. The van der Waals surface area contributed by atoms with Gasteiger partial charge in [-0.05, 0) is 18.2 Å². The number of nitrogens with one attached hydrogen (secondary N) is 1. The van der Waals surface area contributed by atoms with Crippen molar-refractivity contribution in [2.24, 2.45) is 0 Å². The molecule has 2 aromatic carbocycles. The van der Waals surface area contributed by atoms with Gasteiger partial charge in [0.2, 0.25) is 11.8 Å². The van der Waals surface area contributed by atoms with Crippen LogP contribution in [0.3, 0.4) is 0 Å². The topological polar surface area (TPSA) is 93.4 Å². The highest BCUT2D eigenvalue weighted by Gasteiger charge is 2.18. The van der Waals surface area contributed by atoms with Crippen LogP contribution in [0.4, 0.5) is 14.5 Å². The number of para-hydroxylation sites is 1. The van der Waals surface area contributed by atoms with E-state index in [9.17, 15) is 23.5 Å². The molecular weight excluding hydrogens is 380 g/mol. The van der Waals surface area contributed by atoms with Gasteiger partial charge >= 0.3 is 0 Å². The molecule has 0 aliphatic rings. The maximum atomic E-state index is 13.6. The third-order valence-corrected chi connectivity index (χ3v) is 4.20. The Balaban J connectivity index is 1.86. The number of nitrogens with zero attached hydrogens (tertiary/aromatic N) is 2. The number of hydrogen-bond donors (Lipinski definition) is 2. The molecular formula is C21H21F2N3O3. The molecule has 2 rings (SSSR count). The number of benzene rings is 2. The Bertz CT molecular complexity index is 884. The van der Waals surface area contributed by atoms with E-state index >= 15 is 0 Å². The van der Waals surface area contributed by atoms with E-state index in [4.69, 9.17) is 5.26 Å². The molecule has 0 radical (unpaired) electrons. The van der Waals surface area contributed by atoms with Gasteiger partial charge in [-0.3, -0.25) is 9.59 Å². The number of amides is 2. The predicted molar refractivity (Wildman–Crippen MR) is 103 cm³/mol. The van der Waals surface area contributed by atoms with Gasteiger partial charge in [0.15, 0.2) is 0 Å². The Kier molecular flexibility index (Phi) is 8.25. The second-order valence-corrected chi connectivity index (χ2v) is 6.27. The minimum Gasteiger partial charge on any atom is -0.386 e. The van der Waals surface area contributed by atoms with Gasteiger partial charge in [0.05, 0.1) is 18.6 Å². The molecule has 2 N–H and O–H groups in total. The van der Waals surface area contributed by atoms with Crippen molar-refractivity contribution in [3.63, 3.8) is 0 Å². The molecule has 0 aromatic heterocycles. The van der Waals surface area contributed by atoms with Crippen LogP contribution in [-0.2, 0) is 9.59 Å². The summed E-state index contributed by atoms with van der Waals surface area (Å²) in [5.74, 6) is -2.47. The molecule has 1 unspecified atom stereocenters. The molecule has 0 saturated heterocycles. The monoisotopic (exact) mass is 401 g/mol. The van der Waals surface area contributed by atoms with Gasteiger partial charge in [-0.25, -0.2) is 8.78 Å². The van der Waals surface area contributed by atoms with Crippen molar-refractivity contribution in [1.29, 1.82) is 5.26 Å². The van der Waals surface area contributed by atoms with Crippen LogP contribution >= 0.6 is 0 Å². The van der Waals surface area contributed by atoms with Crippen LogP contribution in [0.5, 0.6) is 0 Å². The minimum absolute atomic E-state index is 0.0901. The molecule has 8 heteroatoms. The second kappa shape index (κ2) is 10.9. The summed E-state index contributed by atoms with van der Waals surface area (Å²) < 4.78 is 26.6. The average molecular weight is 401 g/mol. The SMILES string of the molecule is N#CCCN(C(=O)CCC(=O)NCC(O)c1ccc(F)cc1F)c1ccccc1. The number of rotatable bonds is 9. The maximum absolute atomic E-state index is 13.6. The van der Waals surface area contributed by atoms with E-state index in [1.807, 2.05) is 6.07 Å². The summed E-state index contributed by atoms with van der Waals surface area (Å²) in [7, 11) is 0. The van der Waals surface area contributed by atoms with Crippen molar-refractivity contribution in [1.82, 2.24) is 5.32 Å². The summed E-state index contributed by atoms with van der Waals surface area (Å²) in [6, 6.07) is 13.6. The van der Waals surface area contributed by atoms with Crippen LogP contribution in [0.15, 0.2) is 48.5 Å². The largest absolute Gasteiger partial charge is 0.386 e. The Labute approximate surface area is 167 Å². The van der Waals surface area contributed by atoms with Crippen molar-refractivity contribution in [2.45, 2.75) is 25.4 Å². The third-order valence-electron chi connectivity index (χ3n) is 4.20. The summed E-state index contributed by atoms with van der Waals surface area (Å²) in [6.07, 6.45) is -1.41. The molecule has 6 nitrogen and oxygen atoms in total. The van der Waals surface area contributed by atoms with Crippen LogP contribution in [0, 0.1) is 23.0 Å². The molecule has 1 atom stereocenters. The molecule has 29 heavy (non-hydrogen) atoms. The lowest BCUT2D eigenvalue weighted by atomic mass is 10.1. The first kappa shape index (κ1) is 22.0. The Morgan fingerprint density at radius 1 is 1.14 bits per heavy atom. The number of anilines is 1. The van der Waals surface area contributed by atoms with Crippen molar-refractivity contribution in [3.05, 3.63) is 65.7 Å². The second-order valence-electron chi connectivity index (χ2n) is 6.27. The third kappa shape index (κ3) is 6.66. The molecule has 0 aliphatic carbocycles. The first-order valence-corrected chi connectivity index (χ1v) is 9.04. The first-order chi connectivity index (χ1) is 13.9. The number of aliphatic hydroxyl groups excluding tert-OH is 1. The standard InChI is InChI=1S/C21H21F2N3O3/c22-15-7-8-17(18(23)13-15)19(27)14-25-20(28)9-10-21(29)26(12-4-11-24)16-5-2-1-3-6-16/h1-3,5-8,13,19,27H,4,9-10,12,14H2,(H,25,28). The highest BCUT2D eigenvalue weighted by molar-refractivity contribution is 5.95. The molecule has 152 valence electrons. The summed E-state index contributed by atoms with van der Waals surface area (Å²) in [5.41, 5.74) is 0.505. The van der Waals surface area contributed by atoms with E-state index in [1.165, 1.54) is 4.90 Å². The number of aliphatic hydroxyl groups is 1. The summed E-state index contributed by atoms with van der Waals surface area (Å²) in [6.45, 7) is -0.0596. The molecule has 2 amide bonds. The van der Waals surface area contributed by atoms with E-state index in [1.54, 1.807) is 30.3 Å². The Morgan fingerprint density at radius 3 is 2.52 bits per heavy atom. The number of carbonyl (C=O) groups is 2. The van der Waals surface area contributed by atoms with Gasteiger partial charge in [0.1, 0.15) is 11.6 Å². The lowest BCUT2D eigenvalue weighted by molar-refractivity contribution is -0.125. The number of hydrogen-bond acceptors (Lipinski definition) is 4. The smallest absolute Gasteiger partial charge is 0.227 e. The summed E-state index contributed by atoms with van der Waals surface area (Å²) in [5, 5.41) is 21.2. The zero-order valence-electron chi connectivity index (χ0n) is 15.6. The van der Waals surface area contributed by atoms with Gasteiger partial charge in [-0.15, -0.1) is 0 Å². The van der Waals surface area contributed by atoms with Crippen molar-refractivity contribution in [2.75, 3.05) is 18.0 Å². The minimum atomic E-state index is -1.34. The van der Waals surface area contributed by atoms with Crippen LogP contribution in [0.1, 0.15) is 30.9 Å². The molecule has 0 spiro atoms.